The van der Waals surface area contributed by atoms with E-state index >= 15 is 0 Å². The molecule has 0 radical (unpaired) electrons. The lowest BCUT2D eigenvalue weighted by molar-refractivity contribution is 0.412. The maximum atomic E-state index is 5.25. The predicted octanol–water partition coefficient (Wildman–Crippen LogP) is 2.55. The number of halogens is 1. The maximum absolute atomic E-state index is 5.25. The van der Waals surface area contributed by atoms with E-state index in [1.165, 1.54) is 0 Å². The van der Waals surface area contributed by atoms with Crippen LogP contribution in [0.3, 0.4) is 0 Å². The lowest BCUT2D eigenvalue weighted by Crippen LogP contribution is -1.91. The molecule has 0 atom stereocenters. The van der Waals surface area contributed by atoms with Gasteiger partial charge in [0.05, 0.1) is 16.2 Å². The third-order valence-corrected chi connectivity index (χ3v) is 2.95. The fourth-order valence-electron chi connectivity index (χ4n) is 1.34. The molecule has 4 heteroatoms. The van der Waals surface area contributed by atoms with E-state index in [1.807, 2.05) is 19.1 Å². The molecule has 14 heavy (non-hydrogen) atoms. The van der Waals surface area contributed by atoms with Crippen molar-refractivity contribution >= 4 is 33.5 Å². The van der Waals surface area contributed by atoms with Gasteiger partial charge in [-0.25, -0.2) is 9.97 Å². The molecule has 0 aliphatic carbocycles. The van der Waals surface area contributed by atoms with Gasteiger partial charge < -0.3 is 4.74 Å². The van der Waals surface area contributed by atoms with Crippen LogP contribution in [0.2, 0.25) is 0 Å². The average Bonchev–Trinajstić information content (AvgIpc) is 2.17. The molecule has 0 bridgehead atoms. The van der Waals surface area contributed by atoms with Crippen molar-refractivity contribution in [3.8, 4) is 5.75 Å². The molecule has 2 rings (SSSR count). The predicted molar refractivity (Wildman–Crippen MR) is 63.5 cm³/mol. The number of hydrogen-bond acceptors (Lipinski definition) is 3. The van der Waals surface area contributed by atoms with Crippen molar-refractivity contribution in [2.75, 3.05) is 7.11 Å². The number of fused-ring (bicyclic) bond motifs is 1. The molecule has 1 aromatic carbocycles. The molecule has 0 spiro atoms. The summed E-state index contributed by atoms with van der Waals surface area (Å²) in [5, 5.41) is 1.05. The lowest BCUT2D eigenvalue weighted by atomic mass is 10.2. The van der Waals surface area contributed by atoms with Crippen LogP contribution in [0, 0.1) is 10.5 Å². The van der Waals surface area contributed by atoms with Gasteiger partial charge in [-0.3, -0.25) is 0 Å². The number of hydrogen-bond donors (Lipinski definition) is 0. The number of nitrogens with zero attached hydrogens (tertiary/aromatic N) is 2. The fraction of sp³-hybridized carbons (Fsp3) is 0.200. The minimum Gasteiger partial charge on any atom is -0.496 e. The van der Waals surface area contributed by atoms with Crippen LogP contribution in [0.5, 0.6) is 5.75 Å². The van der Waals surface area contributed by atoms with E-state index in [2.05, 4.69) is 32.6 Å². The highest BCUT2D eigenvalue weighted by Gasteiger charge is 2.05. The first-order valence-electron chi connectivity index (χ1n) is 4.17. The number of ether oxygens (including phenoxy) is 1. The van der Waals surface area contributed by atoms with Gasteiger partial charge in [0.2, 0.25) is 0 Å². The summed E-state index contributed by atoms with van der Waals surface area (Å²) in [6.45, 7) is 1.97. The Labute approximate surface area is 95.7 Å². The highest BCUT2D eigenvalue weighted by Crippen LogP contribution is 2.26. The van der Waals surface area contributed by atoms with Crippen molar-refractivity contribution in [3.63, 3.8) is 0 Å². The second-order valence-electron chi connectivity index (χ2n) is 2.96. The molecule has 0 saturated heterocycles. The zero-order valence-electron chi connectivity index (χ0n) is 7.91. The molecule has 72 valence electrons. The summed E-state index contributed by atoms with van der Waals surface area (Å²) in [4.78, 5) is 8.35. The number of benzene rings is 1. The van der Waals surface area contributed by atoms with Gasteiger partial charge in [-0.1, -0.05) is 0 Å². The standard InChI is InChI=1S/C10H9IN2O/c1-6-7-3-10(14-2)8(11)4-9(7)13-5-12-6/h3-5H,1-2H3. The molecule has 0 aliphatic rings. The van der Waals surface area contributed by atoms with E-state index in [0.29, 0.717) is 0 Å². The van der Waals surface area contributed by atoms with Gasteiger partial charge in [-0.15, -0.1) is 0 Å². The largest absolute Gasteiger partial charge is 0.496 e. The first-order chi connectivity index (χ1) is 6.72. The second kappa shape index (κ2) is 3.68. The first-order valence-corrected chi connectivity index (χ1v) is 5.25. The van der Waals surface area contributed by atoms with E-state index in [4.69, 9.17) is 4.74 Å². The van der Waals surface area contributed by atoms with E-state index < -0.39 is 0 Å². The van der Waals surface area contributed by atoms with Crippen molar-refractivity contribution < 1.29 is 4.74 Å². The Balaban J connectivity index is 2.80. The van der Waals surface area contributed by atoms with Gasteiger partial charge >= 0.3 is 0 Å². The maximum Gasteiger partial charge on any atom is 0.132 e. The first kappa shape index (κ1) is 9.64. The summed E-state index contributed by atoms with van der Waals surface area (Å²) >= 11 is 2.23. The number of methoxy groups -OCH3 is 1. The molecule has 1 heterocycles. The Morgan fingerprint density at radius 3 is 2.79 bits per heavy atom. The normalized spacial score (nSPS) is 10.5. The zero-order chi connectivity index (χ0) is 10.1. The third-order valence-electron chi connectivity index (χ3n) is 2.11. The summed E-state index contributed by atoms with van der Waals surface area (Å²) in [6, 6.07) is 3.98. The van der Waals surface area contributed by atoms with Crippen LogP contribution in [0.1, 0.15) is 5.69 Å². The van der Waals surface area contributed by atoms with Crippen LogP contribution in [0.15, 0.2) is 18.5 Å². The minimum atomic E-state index is 0.871. The Morgan fingerprint density at radius 1 is 1.29 bits per heavy atom. The number of aromatic nitrogens is 2. The average molecular weight is 300 g/mol. The van der Waals surface area contributed by atoms with Crippen molar-refractivity contribution in [3.05, 3.63) is 27.7 Å². The van der Waals surface area contributed by atoms with Crippen LogP contribution >= 0.6 is 22.6 Å². The molecular weight excluding hydrogens is 291 g/mol. The van der Waals surface area contributed by atoms with Gasteiger partial charge in [0.15, 0.2) is 0 Å². The van der Waals surface area contributed by atoms with E-state index in [9.17, 15) is 0 Å². The summed E-state index contributed by atoms with van der Waals surface area (Å²) in [7, 11) is 1.67. The SMILES string of the molecule is COc1cc2c(C)ncnc2cc1I. The van der Waals surface area contributed by atoms with Crippen molar-refractivity contribution in [1.82, 2.24) is 9.97 Å². The summed E-state index contributed by atoms with van der Waals surface area (Å²) in [5.41, 5.74) is 1.94. The Bertz CT molecular complexity index is 485. The summed E-state index contributed by atoms with van der Waals surface area (Å²) < 4.78 is 6.31. The third kappa shape index (κ3) is 1.54. The van der Waals surface area contributed by atoms with Crippen LogP contribution in [0.4, 0.5) is 0 Å². The van der Waals surface area contributed by atoms with Gasteiger partial charge in [0, 0.05) is 11.1 Å². The molecule has 0 N–H and O–H groups in total. The molecule has 0 unspecified atom stereocenters. The molecule has 0 saturated carbocycles. The van der Waals surface area contributed by atoms with Gasteiger partial charge in [0.25, 0.3) is 0 Å². The summed E-state index contributed by atoms with van der Waals surface area (Å²) in [5.74, 6) is 0.871. The molecule has 0 aliphatic heterocycles. The highest BCUT2D eigenvalue weighted by atomic mass is 127. The van der Waals surface area contributed by atoms with Crippen LogP contribution in [-0.2, 0) is 0 Å². The highest BCUT2D eigenvalue weighted by molar-refractivity contribution is 14.1. The van der Waals surface area contributed by atoms with Crippen LogP contribution in [0.25, 0.3) is 10.9 Å². The monoisotopic (exact) mass is 300 g/mol. The van der Waals surface area contributed by atoms with Gasteiger partial charge in [0.1, 0.15) is 12.1 Å². The van der Waals surface area contributed by atoms with Gasteiger partial charge in [-0.05, 0) is 41.6 Å². The molecule has 1 aromatic heterocycles. The van der Waals surface area contributed by atoms with E-state index in [0.717, 1.165) is 25.9 Å². The summed E-state index contributed by atoms with van der Waals surface area (Å²) in [6.07, 6.45) is 1.58. The Kier molecular flexibility index (Phi) is 2.54. The van der Waals surface area contributed by atoms with Crippen molar-refractivity contribution in [2.24, 2.45) is 0 Å². The van der Waals surface area contributed by atoms with Crippen molar-refractivity contribution in [1.29, 1.82) is 0 Å². The molecule has 0 fully saturated rings. The minimum absolute atomic E-state index is 0.871. The van der Waals surface area contributed by atoms with E-state index in [-0.39, 0.29) is 0 Å². The number of rotatable bonds is 1. The van der Waals surface area contributed by atoms with Crippen LogP contribution < -0.4 is 4.74 Å². The Hall–Kier alpha value is -0.910. The second-order valence-corrected chi connectivity index (χ2v) is 4.13. The number of aryl methyl sites for hydroxylation is 1. The van der Waals surface area contributed by atoms with Gasteiger partial charge in [-0.2, -0.15) is 0 Å². The Morgan fingerprint density at radius 2 is 2.07 bits per heavy atom. The molecule has 0 amide bonds. The van der Waals surface area contributed by atoms with E-state index in [1.54, 1.807) is 13.4 Å². The molecule has 3 nitrogen and oxygen atoms in total. The topological polar surface area (TPSA) is 35.0 Å². The molecular formula is C10H9IN2O. The van der Waals surface area contributed by atoms with Crippen molar-refractivity contribution in [2.45, 2.75) is 6.92 Å². The smallest absolute Gasteiger partial charge is 0.132 e. The zero-order valence-corrected chi connectivity index (χ0v) is 10.1. The lowest BCUT2D eigenvalue weighted by Gasteiger charge is -2.06. The fourth-order valence-corrected chi connectivity index (χ4v) is 2.01. The van der Waals surface area contributed by atoms with Crippen LogP contribution in [-0.4, -0.2) is 17.1 Å². The quantitative estimate of drug-likeness (QED) is 0.759. The molecule has 2 aromatic rings.